The van der Waals surface area contributed by atoms with E-state index < -0.39 is 6.04 Å². The molecule has 1 heterocycles. The van der Waals surface area contributed by atoms with Gasteiger partial charge in [0.15, 0.2) is 0 Å². The third kappa shape index (κ3) is 6.90. The Balaban J connectivity index is 2.53. The lowest BCUT2D eigenvalue weighted by Gasteiger charge is -2.35. The molecule has 0 aromatic rings. The second-order valence-electron chi connectivity index (χ2n) is 7.46. The first kappa shape index (κ1) is 19.9. The quantitative estimate of drug-likeness (QED) is 0.718. The number of hydrogen-bond acceptors (Lipinski definition) is 3. The summed E-state index contributed by atoms with van der Waals surface area (Å²) in [6, 6.07) is -0.397. The average molecular weight is 325 g/mol. The fourth-order valence-electron chi connectivity index (χ4n) is 3.02. The molecular weight excluding hydrogens is 290 g/mol. The second kappa shape index (κ2) is 9.91. The van der Waals surface area contributed by atoms with Crippen molar-refractivity contribution >= 4 is 11.8 Å². The number of rotatable bonds is 8. The highest BCUT2D eigenvalue weighted by molar-refractivity contribution is 5.88. The van der Waals surface area contributed by atoms with Crippen molar-refractivity contribution in [2.24, 2.45) is 17.8 Å². The molecule has 2 N–H and O–H groups in total. The van der Waals surface area contributed by atoms with Crippen LogP contribution >= 0.6 is 0 Å². The van der Waals surface area contributed by atoms with Crippen molar-refractivity contribution in [3.8, 4) is 0 Å². The summed E-state index contributed by atoms with van der Waals surface area (Å²) in [4.78, 5) is 26.7. The van der Waals surface area contributed by atoms with Gasteiger partial charge in [0.05, 0.1) is 0 Å². The standard InChI is InChI=1S/C18H35N3O2/c1-6-19-12-15-7-9-21(10-8-15)18(23)17(14(4)5)20-16(22)11-13(2)3/h13-15,17,19H,6-12H2,1-5H3,(H,20,22). The molecule has 5 nitrogen and oxygen atoms in total. The summed E-state index contributed by atoms with van der Waals surface area (Å²) >= 11 is 0. The normalized spacial score (nSPS) is 17.6. The molecule has 134 valence electrons. The van der Waals surface area contributed by atoms with Crippen LogP contribution in [0.5, 0.6) is 0 Å². The van der Waals surface area contributed by atoms with Gasteiger partial charge in [-0.05, 0) is 43.7 Å². The van der Waals surface area contributed by atoms with E-state index in [2.05, 4.69) is 17.6 Å². The minimum atomic E-state index is -0.397. The highest BCUT2D eigenvalue weighted by Crippen LogP contribution is 2.18. The molecule has 0 aliphatic carbocycles. The van der Waals surface area contributed by atoms with E-state index >= 15 is 0 Å². The van der Waals surface area contributed by atoms with Gasteiger partial charge in [0.1, 0.15) is 6.04 Å². The van der Waals surface area contributed by atoms with Crippen molar-refractivity contribution in [1.29, 1.82) is 0 Å². The third-order valence-corrected chi connectivity index (χ3v) is 4.45. The van der Waals surface area contributed by atoms with Gasteiger partial charge in [-0.2, -0.15) is 0 Å². The minimum Gasteiger partial charge on any atom is -0.344 e. The molecule has 1 atom stereocenters. The number of nitrogens with zero attached hydrogens (tertiary/aromatic N) is 1. The third-order valence-electron chi connectivity index (χ3n) is 4.45. The lowest BCUT2D eigenvalue weighted by atomic mass is 9.94. The molecule has 0 radical (unpaired) electrons. The Morgan fingerprint density at radius 3 is 2.22 bits per heavy atom. The predicted octanol–water partition coefficient (Wildman–Crippen LogP) is 2.02. The Labute approximate surface area is 141 Å². The highest BCUT2D eigenvalue weighted by Gasteiger charge is 2.31. The molecule has 1 aliphatic rings. The second-order valence-corrected chi connectivity index (χ2v) is 7.46. The van der Waals surface area contributed by atoms with E-state index in [1.165, 1.54) is 0 Å². The van der Waals surface area contributed by atoms with Crippen LogP contribution in [0.2, 0.25) is 0 Å². The molecule has 0 spiro atoms. The van der Waals surface area contributed by atoms with Crippen LogP contribution in [0.15, 0.2) is 0 Å². The number of nitrogens with one attached hydrogen (secondary N) is 2. The fraction of sp³-hybridized carbons (Fsp3) is 0.889. The molecule has 1 saturated heterocycles. The van der Waals surface area contributed by atoms with Gasteiger partial charge in [0.2, 0.25) is 11.8 Å². The smallest absolute Gasteiger partial charge is 0.245 e. The van der Waals surface area contributed by atoms with E-state index in [0.29, 0.717) is 18.3 Å². The Hall–Kier alpha value is -1.10. The zero-order valence-corrected chi connectivity index (χ0v) is 15.5. The molecule has 0 aromatic carbocycles. The number of carbonyl (C=O) groups excluding carboxylic acids is 2. The Morgan fingerprint density at radius 2 is 1.74 bits per heavy atom. The minimum absolute atomic E-state index is 0.0194. The molecule has 0 bridgehead atoms. The first-order valence-corrected chi connectivity index (χ1v) is 9.14. The molecule has 1 unspecified atom stereocenters. The maximum atomic E-state index is 12.8. The lowest BCUT2D eigenvalue weighted by molar-refractivity contribution is -0.139. The number of carbonyl (C=O) groups is 2. The maximum Gasteiger partial charge on any atom is 0.245 e. The highest BCUT2D eigenvalue weighted by atomic mass is 16.2. The van der Waals surface area contributed by atoms with Gasteiger partial charge in [-0.25, -0.2) is 0 Å². The summed E-state index contributed by atoms with van der Waals surface area (Å²) < 4.78 is 0. The van der Waals surface area contributed by atoms with Gasteiger partial charge >= 0.3 is 0 Å². The van der Waals surface area contributed by atoms with Crippen molar-refractivity contribution in [3.05, 3.63) is 0 Å². The van der Waals surface area contributed by atoms with E-state index in [1.807, 2.05) is 32.6 Å². The molecule has 23 heavy (non-hydrogen) atoms. The van der Waals surface area contributed by atoms with E-state index in [4.69, 9.17) is 0 Å². The monoisotopic (exact) mass is 325 g/mol. The van der Waals surface area contributed by atoms with E-state index in [0.717, 1.165) is 39.0 Å². The van der Waals surface area contributed by atoms with E-state index in [9.17, 15) is 9.59 Å². The Kier molecular flexibility index (Phi) is 8.59. The summed E-state index contributed by atoms with van der Waals surface area (Å²) in [6.45, 7) is 13.8. The topological polar surface area (TPSA) is 61.4 Å². The van der Waals surface area contributed by atoms with Crippen LogP contribution in [0.4, 0.5) is 0 Å². The summed E-state index contributed by atoms with van der Waals surface area (Å²) in [6.07, 6.45) is 2.56. The van der Waals surface area contributed by atoms with Crippen molar-refractivity contribution < 1.29 is 9.59 Å². The number of amides is 2. The van der Waals surface area contributed by atoms with Gasteiger partial charge in [-0.15, -0.1) is 0 Å². The Morgan fingerprint density at radius 1 is 1.13 bits per heavy atom. The molecule has 1 aliphatic heterocycles. The molecule has 5 heteroatoms. The average Bonchev–Trinajstić information content (AvgIpc) is 2.49. The number of piperidine rings is 1. The van der Waals surface area contributed by atoms with Gasteiger partial charge < -0.3 is 15.5 Å². The van der Waals surface area contributed by atoms with Crippen molar-refractivity contribution in [1.82, 2.24) is 15.5 Å². The predicted molar refractivity (Wildman–Crippen MR) is 94.1 cm³/mol. The van der Waals surface area contributed by atoms with Gasteiger partial charge in [-0.1, -0.05) is 34.6 Å². The maximum absolute atomic E-state index is 12.8. The molecule has 2 amide bonds. The zero-order valence-electron chi connectivity index (χ0n) is 15.5. The van der Waals surface area contributed by atoms with Crippen LogP contribution in [-0.2, 0) is 9.59 Å². The van der Waals surface area contributed by atoms with Crippen molar-refractivity contribution in [2.75, 3.05) is 26.2 Å². The van der Waals surface area contributed by atoms with Crippen molar-refractivity contribution in [3.63, 3.8) is 0 Å². The lowest BCUT2D eigenvalue weighted by Crippen LogP contribution is -2.53. The van der Waals surface area contributed by atoms with Crippen LogP contribution < -0.4 is 10.6 Å². The van der Waals surface area contributed by atoms with Crippen LogP contribution in [-0.4, -0.2) is 48.9 Å². The van der Waals surface area contributed by atoms with Gasteiger partial charge in [-0.3, -0.25) is 9.59 Å². The van der Waals surface area contributed by atoms with Crippen LogP contribution in [0.25, 0.3) is 0 Å². The number of hydrogen-bond donors (Lipinski definition) is 2. The molecule has 0 saturated carbocycles. The zero-order chi connectivity index (χ0) is 17.4. The largest absolute Gasteiger partial charge is 0.344 e. The van der Waals surface area contributed by atoms with E-state index in [-0.39, 0.29) is 17.7 Å². The van der Waals surface area contributed by atoms with Crippen molar-refractivity contribution in [2.45, 2.75) is 59.9 Å². The first-order valence-electron chi connectivity index (χ1n) is 9.14. The summed E-state index contributed by atoms with van der Waals surface area (Å²) in [5.74, 6) is 1.14. The molecule has 0 aromatic heterocycles. The summed E-state index contributed by atoms with van der Waals surface area (Å²) in [5, 5.41) is 6.33. The summed E-state index contributed by atoms with van der Waals surface area (Å²) in [7, 11) is 0. The Bertz CT molecular complexity index is 374. The van der Waals surface area contributed by atoms with Gasteiger partial charge in [0, 0.05) is 19.5 Å². The van der Waals surface area contributed by atoms with Crippen LogP contribution in [0.3, 0.4) is 0 Å². The van der Waals surface area contributed by atoms with Crippen LogP contribution in [0.1, 0.15) is 53.9 Å². The molecule has 1 fully saturated rings. The fourth-order valence-corrected chi connectivity index (χ4v) is 3.02. The molecule has 1 rings (SSSR count). The first-order chi connectivity index (χ1) is 10.8. The van der Waals surface area contributed by atoms with Gasteiger partial charge in [0.25, 0.3) is 0 Å². The van der Waals surface area contributed by atoms with E-state index in [1.54, 1.807) is 0 Å². The van der Waals surface area contributed by atoms with Crippen LogP contribution in [0, 0.1) is 17.8 Å². The molecular formula is C18H35N3O2. The summed E-state index contributed by atoms with van der Waals surface area (Å²) in [5.41, 5.74) is 0. The number of likely N-dealkylation sites (tertiary alicyclic amines) is 1. The SMILES string of the molecule is CCNCC1CCN(C(=O)C(NC(=O)CC(C)C)C(C)C)CC1.